The Balaban J connectivity index is 3.31. The SMILES string of the molecule is CSc1cc(Br)c(C#N)c(SC)c1. The quantitative estimate of drug-likeness (QED) is 0.767. The van der Waals surface area contributed by atoms with Gasteiger partial charge in [-0.1, -0.05) is 0 Å². The minimum atomic E-state index is 0.727. The number of hydrogen-bond donors (Lipinski definition) is 0. The van der Waals surface area contributed by atoms with Crippen molar-refractivity contribution in [2.24, 2.45) is 0 Å². The molecule has 0 aromatic heterocycles. The molecule has 0 heterocycles. The van der Waals surface area contributed by atoms with Crippen LogP contribution < -0.4 is 0 Å². The Labute approximate surface area is 95.0 Å². The molecular formula is C9H8BrNS2. The molecule has 0 saturated carbocycles. The summed E-state index contributed by atoms with van der Waals surface area (Å²) < 4.78 is 0.881. The third-order valence-electron chi connectivity index (χ3n) is 1.59. The third-order valence-corrected chi connectivity index (χ3v) is 3.69. The van der Waals surface area contributed by atoms with Crippen LogP contribution in [-0.2, 0) is 0 Å². The van der Waals surface area contributed by atoms with Crippen LogP contribution in [0.2, 0.25) is 0 Å². The third kappa shape index (κ3) is 2.43. The summed E-state index contributed by atoms with van der Waals surface area (Å²) in [5, 5.41) is 8.89. The van der Waals surface area contributed by atoms with Crippen molar-refractivity contribution >= 4 is 39.5 Å². The van der Waals surface area contributed by atoms with Crippen molar-refractivity contribution in [3.8, 4) is 6.07 Å². The number of nitrogens with zero attached hydrogens (tertiary/aromatic N) is 1. The first-order valence-corrected chi connectivity index (χ1v) is 6.78. The number of benzene rings is 1. The second kappa shape index (κ2) is 4.94. The highest BCUT2D eigenvalue weighted by Crippen LogP contribution is 2.31. The van der Waals surface area contributed by atoms with E-state index >= 15 is 0 Å². The fraction of sp³-hybridized carbons (Fsp3) is 0.222. The zero-order valence-electron chi connectivity index (χ0n) is 7.30. The first-order valence-electron chi connectivity index (χ1n) is 3.54. The van der Waals surface area contributed by atoms with Gasteiger partial charge < -0.3 is 0 Å². The zero-order chi connectivity index (χ0) is 9.84. The molecule has 0 aliphatic rings. The van der Waals surface area contributed by atoms with Gasteiger partial charge in [0.25, 0.3) is 0 Å². The number of nitriles is 1. The molecule has 0 atom stereocenters. The van der Waals surface area contributed by atoms with Gasteiger partial charge in [-0.25, -0.2) is 0 Å². The Bertz CT molecular complexity index is 357. The van der Waals surface area contributed by atoms with Crippen LogP contribution in [0.15, 0.2) is 26.4 Å². The van der Waals surface area contributed by atoms with Gasteiger partial charge in [-0.05, 0) is 40.6 Å². The van der Waals surface area contributed by atoms with Crippen LogP contribution in [0.4, 0.5) is 0 Å². The van der Waals surface area contributed by atoms with Gasteiger partial charge in [-0.2, -0.15) is 5.26 Å². The minimum Gasteiger partial charge on any atom is -0.192 e. The van der Waals surface area contributed by atoms with Gasteiger partial charge in [-0.15, -0.1) is 23.5 Å². The summed E-state index contributed by atoms with van der Waals surface area (Å²) in [6, 6.07) is 6.20. The van der Waals surface area contributed by atoms with Crippen molar-refractivity contribution in [1.29, 1.82) is 5.26 Å². The predicted molar refractivity (Wildman–Crippen MR) is 62.4 cm³/mol. The lowest BCUT2D eigenvalue weighted by atomic mass is 10.2. The average molecular weight is 274 g/mol. The highest BCUT2D eigenvalue weighted by atomic mass is 79.9. The Hall–Kier alpha value is -0.110. The molecule has 0 aliphatic heterocycles. The zero-order valence-corrected chi connectivity index (χ0v) is 10.5. The molecule has 0 bridgehead atoms. The van der Waals surface area contributed by atoms with E-state index in [4.69, 9.17) is 5.26 Å². The summed E-state index contributed by atoms with van der Waals surface area (Å²) in [4.78, 5) is 2.21. The van der Waals surface area contributed by atoms with Crippen LogP contribution in [0.1, 0.15) is 5.56 Å². The lowest BCUT2D eigenvalue weighted by Gasteiger charge is -2.05. The molecule has 1 aromatic rings. The number of thioether (sulfide) groups is 2. The summed E-state index contributed by atoms with van der Waals surface area (Å²) in [5.74, 6) is 0. The van der Waals surface area contributed by atoms with Gasteiger partial charge in [0.15, 0.2) is 0 Å². The fourth-order valence-corrected chi connectivity index (χ4v) is 2.93. The highest BCUT2D eigenvalue weighted by Gasteiger charge is 2.07. The van der Waals surface area contributed by atoms with E-state index in [0.717, 1.165) is 14.9 Å². The van der Waals surface area contributed by atoms with Crippen molar-refractivity contribution in [3.05, 3.63) is 22.2 Å². The van der Waals surface area contributed by atoms with Crippen molar-refractivity contribution in [2.45, 2.75) is 9.79 Å². The molecule has 68 valence electrons. The number of halogens is 1. The molecule has 13 heavy (non-hydrogen) atoms. The highest BCUT2D eigenvalue weighted by molar-refractivity contribution is 9.10. The molecule has 1 aromatic carbocycles. The van der Waals surface area contributed by atoms with Crippen LogP contribution in [-0.4, -0.2) is 12.5 Å². The summed E-state index contributed by atoms with van der Waals surface area (Å²) in [6.45, 7) is 0. The monoisotopic (exact) mass is 273 g/mol. The maximum atomic E-state index is 8.89. The lowest BCUT2D eigenvalue weighted by molar-refractivity contribution is 1.27. The summed E-state index contributed by atoms with van der Waals surface area (Å²) in [7, 11) is 0. The van der Waals surface area contributed by atoms with Gasteiger partial charge in [0.2, 0.25) is 0 Å². The fourth-order valence-electron chi connectivity index (χ4n) is 0.945. The molecular weight excluding hydrogens is 266 g/mol. The Morgan fingerprint density at radius 2 is 2.00 bits per heavy atom. The van der Waals surface area contributed by atoms with Gasteiger partial charge in [0, 0.05) is 14.3 Å². The van der Waals surface area contributed by atoms with Gasteiger partial charge in [0.05, 0.1) is 5.56 Å². The van der Waals surface area contributed by atoms with E-state index in [2.05, 4.69) is 22.0 Å². The van der Waals surface area contributed by atoms with E-state index in [9.17, 15) is 0 Å². The minimum absolute atomic E-state index is 0.727. The van der Waals surface area contributed by atoms with Gasteiger partial charge >= 0.3 is 0 Å². The summed E-state index contributed by atoms with van der Waals surface area (Å²) >= 11 is 6.67. The van der Waals surface area contributed by atoms with Crippen molar-refractivity contribution in [1.82, 2.24) is 0 Å². The Kier molecular flexibility index (Phi) is 4.17. The summed E-state index contributed by atoms with van der Waals surface area (Å²) in [5.41, 5.74) is 0.727. The Morgan fingerprint density at radius 1 is 1.31 bits per heavy atom. The van der Waals surface area contributed by atoms with E-state index in [1.807, 2.05) is 24.6 Å². The molecule has 0 radical (unpaired) electrons. The molecule has 0 fully saturated rings. The van der Waals surface area contributed by atoms with E-state index in [0.29, 0.717) is 0 Å². The van der Waals surface area contributed by atoms with E-state index in [-0.39, 0.29) is 0 Å². The number of rotatable bonds is 2. The van der Waals surface area contributed by atoms with Crippen LogP contribution in [0, 0.1) is 11.3 Å². The van der Waals surface area contributed by atoms with E-state index < -0.39 is 0 Å². The molecule has 0 saturated heterocycles. The molecule has 0 spiro atoms. The first-order chi connectivity index (χ1) is 6.22. The molecule has 1 rings (SSSR count). The second-order valence-electron chi connectivity index (χ2n) is 2.30. The topological polar surface area (TPSA) is 23.8 Å². The largest absolute Gasteiger partial charge is 0.192 e. The maximum Gasteiger partial charge on any atom is 0.101 e. The van der Waals surface area contributed by atoms with Crippen LogP contribution in [0.25, 0.3) is 0 Å². The standard InChI is InChI=1S/C9H8BrNS2/c1-12-6-3-8(10)7(5-11)9(4-6)13-2/h3-4H,1-2H3. The predicted octanol–water partition coefficient (Wildman–Crippen LogP) is 3.76. The normalized spacial score (nSPS) is 9.69. The van der Waals surface area contributed by atoms with Crippen molar-refractivity contribution in [3.63, 3.8) is 0 Å². The van der Waals surface area contributed by atoms with Gasteiger partial charge in [0.1, 0.15) is 6.07 Å². The van der Waals surface area contributed by atoms with Crippen LogP contribution in [0.3, 0.4) is 0 Å². The molecule has 0 N–H and O–H groups in total. The second-order valence-corrected chi connectivity index (χ2v) is 4.88. The average Bonchev–Trinajstić information content (AvgIpc) is 2.16. The smallest absolute Gasteiger partial charge is 0.101 e. The summed E-state index contributed by atoms with van der Waals surface area (Å²) in [6.07, 6.45) is 4.00. The van der Waals surface area contributed by atoms with Crippen molar-refractivity contribution in [2.75, 3.05) is 12.5 Å². The Morgan fingerprint density at radius 3 is 2.46 bits per heavy atom. The first kappa shape index (κ1) is 11.0. The lowest BCUT2D eigenvalue weighted by Crippen LogP contribution is -1.84. The van der Waals surface area contributed by atoms with Gasteiger partial charge in [-0.3, -0.25) is 0 Å². The number of hydrogen-bond acceptors (Lipinski definition) is 3. The molecule has 0 aliphatic carbocycles. The molecule has 0 amide bonds. The van der Waals surface area contributed by atoms with Crippen LogP contribution in [0.5, 0.6) is 0 Å². The van der Waals surface area contributed by atoms with E-state index in [1.165, 1.54) is 4.90 Å². The molecule has 0 unspecified atom stereocenters. The van der Waals surface area contributed by atoms with E-state index in [1.54, 1.807) is 23.5 Å². The molecule has 4 heteroatoms. The maximum absolute atomic E-state index is 8.89. The van der Waals surface area contributed by atoms with Crippen molar-refractivity contribution < 1.29 is 0 Å². The van der Waals surface area contributed by atoms with Crippen LogP contribution >= 0.6 is 39.5 Å². The molecule has 1 nitrogen and oxygen atoms in total.